The average Bonchev–Trinajstić information content (AvgIpc) is 2.83. The standard InChI is InChI=1S/C15H30N2/c1-4-5-6-7-8-9-17-12-13-10-16-11-14(13)15(17,2)3/h13-14,16H,4-12H2,1-3H3. The molecule has 0 saturated carbocycles. The molecule has 0 spiro atoms. The van der Waals surface area contributed by atoms with Gasteiger partial charge in [-0.15, -0.1) is 0 Å². The predicted octanol–water partition coefficient (Wildman–Crippen LogP) is 2.89. The first-order valence-electron chi connectivity index (χ1n) is 7.62. The monoisotopic (exact) mass is 238 g/mol. The number of nitrogens with zero attached hydrogens (tertiary/aromatic N) is 1. The van der Waals surface area contributed by atoms with Crippen LogP contribution in [0.4, 0.5) is 0 Å². The highest BCUT2D eigenvalue weighted by atomic mass is 15.2. The Bertz CT molecular complexity index is 237. The molecule has 0 radical (unpaired) electrons. The zero-order valence-electron chi connectivity index (χ0n) is 12.0. The Kier molecular flexibility index (Phi) is 4.48. The van der Waals surface area contributed by atoms with Gasteiger partial charge in [-0.2, -0.15) is 0 Å². The van der Waals surface area contributed by atoms with Crippen molar-refractivity contribution in [3.8, 4) is 0 Å². The van der Waals surface area contributed by atoms with Crippen molar-refractivity contribution in [2.24, 2.45) is 11.8 Å². The van der Waals surface area contributed by atoms with Crippen LogP contribution < -0.4 is 5.32 Å². The molecule has 2 fully saturated rings. The lowest BCUT2D eigenvalue weighted by Gasteiger charge is -2.35. The predicted molar refractivity (Wildman–Crippen MR) is 74.3 cm³/mol. The van der Waals surface area contributed by atoms with Crippen LogP contribution in [-0.2, 0) is 0 Å². The van der Waals surface area contributed by atoms with Gasteiger partial charge in [-0.1, -0.05) is 32.6 Å². The van der Waals surface area contributed by atoms with E-state index in [-0.39, 0.29) is 0 Å². The largest absolute Gasteiger partial charge is 0.316 e. The van der Waals surface area contributed by atoms with Gasteiger partial charge in [0.25, 0.3) is 0 Å². The van der Waals surface area contributed by atoms with Crippen molar-refractivity contribution in [3.05, 3.63) is 0 Å². The molecule has 2 aliphatic heterocycles. The highest BCUT2D eigenvalue weighted by Crippen LogP contribution is 2.40. The fraction of sp³-hybridized carbons (Fsp3) is 1.00. The summed E-state index contributed by atoms with van der Waals surface area (Å²) in [4.78, 5) is 2.76. The molecular formula is C15H30N2. The fourth-order valence-electron chi connectivity index (χ4n) is 3.79. The number of hydrogen-bond acceptors (Lipinski definition) is 2. The third kappa shape index (κ3) is 2.85. The first kappa shape index (κ1) is 13.4. The third-order valence-electron chi connectivity index (χ3n) is 5.05. The van der Waals surface area contributed by atoms with Gasteiger partial charge in [-0.05, 0) is 45.2 Å². The van der Waals surface area contributed by atoms with Crippen molar-refractivity contribution in [2.45, 2.75) is 58.4 Å². The lowest BCUT2D eigenvalue weighted by molar-refractivity contribution is 0.137. The van der Waals surface area contributed by atoms with Crippen LogP contribution in [0.3, 0.4) is 0 Å². The summed E-state index contributed by atoms with van der Waals surface area (Å²) in [6, 6.07) is 0. The minimum absolute atomic E-state index is 0.429. The summed E-state index contributed by atoms with van der Waals surface area (Å²) in [6.07, 6.45) is 7.02. The van der Waals surface area contributed by atoms with E-state index in [1.165, 1.54) is 58.3 Å². The summed E-state index contributed by atoms with van der Waals surface area (Å²) in [5, 5.41) is 3.56. The molecule has 1 N–H and O–H groups in total. The van der Waals surface area contributed by atoms with Gasteiger partial charge in [-0.25, -0.2) is 0 Å². The van der Waals surface area contributed by atoms with E-state index in [4.69, 9.17) is 0 Å². The van der Waals surface area contributed by atoms with E-state index in [0.717, 1.165) is 11.8 Å². The molecule has 100 valence electrons. The molecule has 0 aromatic rings. The zero-order chi connectivity index (χ0) is 12.3. The van der Waals surface area contributed by atoms with Crippen LogP contribution in [0.5, 0.6) is 0 Å². The smallest absolute Gasteiger partial charge is 0.0197 e. The van der Waals surface area contributed by atoms with Gasteiger partial charge in [0.1, 0.15) is 0 Å². The number of fused-ring (bicyclic) bond motifs is 1. The molecule has 0 bridgehead atoms. The Labute approximate surface area is 107 Å². The van der Waals surface area contributed by atoms with E-state index in [9.17, 15) is 0 Å². The highest BCUT2D eigenvalue weighted by molar-refractivity contribution is 5.04. The van der Waals surface area contributed by atoms with Crippen molar-refractivity contribution in [1.82, 2.24) is 10.2 Å². The number of hydrogen-bond donors (Lipinski definition) is 1. The molecule has 2 rings (SSSR count). The maximum Gasteiger partial charge on any atom is 0.0197 e. The molecule has 2 saturated heterocycles. The van der Waals surface area contributed by atoms with Gasteiger partial charge in [0.05, 0.1) is 0 Å². The molecule has 2 atom stereocenters. The number of rotatable bonds is 6. The molecule has 0 aromatic carbocycles. The van der Waals surface area contributed by atoms with Crippen molar-refractivity contribution in [1.29, 1.82) is 0 Å². The quantitative estimate of drug-likeness (QED) is 0.716. The average molecular weight is 238 g/mol. The molecular weight excluding hydrogens is 208 g/mol. The topological polar surface area (TPSA) is 15.3 Å². The van der Waals surface area contributed by atoms with E-state index < -0.39 is 0 Å². The molecule has 17 heavy (non-hydrogen) atoms. The van der Waals surface area contributed by atoms with Crippen LogP contribution in [0, 0.1) is 11.8 Å². The molecule has 0 aromatic heterocycles. The van der Waals surface area contributed by atoms with Gasteiger partial charge in [0.2, 0.25) is 0 Å². The fourth-order valence-corrected chi connectivity index (χ4v) is 3.79. The lowest BCUT2D eigenvalue weighted by atomic mass is 9.85. The Morgan fingerprint density at radius 1 is 1.12 bits per heavy atom. The van der Waals surface area contributed by atoms with E-state index in [1.54, 1.807) is 0 Å². The molecule has 2 heteroatoms. The van der Waals surface area contributed by atoms with Crippen molar-refractivity contribution >= 4 is 0 Å². The normalized spacial score (nSPS) is 31.9. The van der Waals surface area contributed by atoms with Crippen molar-refractivity contribution in [3.63, 3.8) is 0 Å². The Balaban J connectivity index is 1.74. The Morgan fingerprint density at radius 3 is 2.59 bits per heavy atom. The Morgan fingerprint density at radius 2 is 1.88 bits per heavy atom. The van der Waals surface area contributed by atoms with E-state index in [0.29, 0.717) is 5.54 Å². The summed E-state index contributed by atoms with van der Waals surface area (Å²) in [5.41, 5.74) is 0.429. The van der Waals surface area contributed by atoms with Crippen LogP contribution in [0.25, 0.3) is 0 Å². The van der Waals surface area contributed by atoms with E-state index in [2.05, 4.69) is 31.0 Å². The van der Waals surface area contributed by atoms with Gasteiger partial charge in [-0.3, -0.25) is 4.90 Å². The SMILES string of the molecule is CCCCCCCN1CC2CNCC2C1(C)C. The second-order valence-corrected chi connectivity index (χ2v) is 6.54. The lowest BCUT2D eigenvalue weighted by Crippen LogP contribution is -2.44. The number of likely N-dealkylation sites (tertiary alicyclic amines) is 1. The summed E-state index contributed by atoms with van der Waals surface area (Å²) in [5.74, 6) is 1.80. The van der Waals surface area contributed by atoms with Gasteiger partial charge >= 0.3 is 0 Å². The molecule has 2 unspecified atom stereocenters. The number of nitrogens with one attached hydrogen (secondary N) is 1. The van der Waals surface area contributed by atoms with Crippen LogP contribution in [-0.4, -0.2) is 36.6 Å². The number of unbranched alkanes of at least 4 members (excludes halogenated alkanes) is 4. The van der Waals surface area contributed by atoms with Crippen LogP contribution in [0.2, 0.25) is 0 Å². The summed E-state index contributed by atoms with van der Waals surface area (Å²) in [7, 11) is 0. The summed E-state index contributed by atoms with van der Waals surface area (Å²) < 4.78 is 0. The second kappa shape index (κ2) is 5.71. The van der Waals surface area contributed by atoms with E-state index >= 15 is 0 Å². The molecule has 2 heterocycles. The minimum Gasteiger partial charge on any atom is -0.316 e. The van der Waals surface area contributed by atoms with Crippen LogP contribution >= 0.6 is 0 Å². The maximum atomic E-state index is 3.56. The molecule has 0 amide bonds. The van der Waals surface area contributed by atoms with Crippen LogP contribution in [0.15, 0.2) is 0 Å². The van der Waals surface area contributed by atoms with E-state index in [1.807, 2.05) is 0 Å². The van der Waals surface area contributed by atoms with Crippen molar-refractivity contribution < 1.29 is 0 Å². The second-order valence-electron chi connectivity index (χ2n) is 6.54. The maximum absolute atomic E-state index is 3.56. The van der Waals surface area contributed by atoms with Crippen molar-refractivity contribution in [2.75, 3.05) is 26.2 Å². The molecule has 0 aliphatic carbocycles. The first-order chi connectivity index (χ1) is 8.16. The first-order valence-corrected chi connectivity index (χ1v) is 7.62. The Hall–Kier alpha value is -0.0800. The van der Waals surface area contributed by atoms with Gasteiger partial charge < -0.3 is 5.32 Å². The highest BCUT2D eigenvalue weighted by Gasteiger charge is 2.48. The third-order valence-corrected chi connectivity index (χ3v) is 5.05. The van der Waals surface area contributed by atoms with Crippen LogP contribution in [0.1, 0.15) is 52.9 Å². The van der Waals surface area contributed by atoms with Gasteiger partial charge in [0.15, 0.2) is 0 Å². The summed E-state index contributed by atoms with van der Waals surface area (Å²) in [6.45, 7) is 12.3. The molecule has 2 nitrogen and oxygen atoms in total. The zero-order valence-corrected chi connectivity index (χ0v) is 12.0. The summed E-state index contributed by atoms with van der Waals surface area (Å²) >= 11 is 0. The minimum atomic E-state index is 0.429. The molecule has 2 aliphatic rings. The van der Waals surface area contributed by atoms with Gasteiger partial charge in [0, 0.05) is 18.6 Å².